The molecule has 1 aliphatic rings. The van der Waals surface area contributed by atoms with Crippen molar-refractivity contribution in [1.29, 1.82) is 0 Å². The number of anilines is 1. The fourth-order valence-corrected chi connectivity index (χ4v) is 1.13. The van der Waals surface area contributed by atoms with E-state index in [2.05, 4.69) is 11.8 Å². The van der Waals surface area contributed by atoms with Gasteiger partial charge in [-0.15, -0.1) is 0 Å². The first-order chi connectivity index (χ1) is 6.25. The van der Waals surface area contributed by atoms with Crippen molar-refractivity contribution in [2.24, 2.45) is 5.92 Å². The molecule has 0 aliphatic heterocycles. The molecule has 1 saturated carbocycles. The van der Waals surface area contributed by atoms with E-state index in [0.29, 0.717) is 5.92 Å². The Kier molecular flexibility index (Phi) is 1.98. The third kappa shape index (κ3) is 2.03. The highest BCUT2D eigenvalue weighted by molar-refractivity contribution is 5.52. The average molecular weight is 171 g/mol. The minimum absolute atomic E-state index is 0.655. The van der Waals surface area contributed by atoms with Gasteiger partial charge in [-0.1, -0.05) is 17.9 Å². The van der Waals surface area contributed by atoms with Gasteiger partial charge < -0.3 is 5.73 Å². The lowest BCUT2D eigenvalue weighted by Gasteiger charge is -1.98. The van der Waals surface area contributed by atoms with Gasteiger partial charge in [0.05, 0.1) is 0 Å². The molecule has 0 spiro atoms. The van der Waals surface area contributed by atoms with Gasteiger partial charge in [0.15, 0.2) is 0 Å². The summed E-state index contributed by atoms with van der Waals surface area (Å²) in [5.74, 6) is 7.01. The Bertz CT molecular complexity index is 378. The zero-order valence-electron chi connectivity index (χ0n) is 7.80. The zero-order valence-corrected chi connectivity index (χ0v) is 7.80. The smallest absolute Gasteiger partial charge is 0.0356 e. The first kappa shape index (κ1) is 8.19. The minimum atomic E-state index is 0.655. The van der Waals surface area contributed by atoms with Crippen molar-refractivity contribution in [3.8, 4) is 11.8 Å². The summed E-state index contributed by atoms with van der Waals surface area (Å²) in [4.78, 5) is 0. The molecule has 0 saturated heterocycles. The number of rotatable bonds is 0. The topological polar surface area (TPSA) is 26.0 Å². The molecule has 0 unspecified atom stereocenters. The number of nitrogen functional groups attached to an aromatic ring is 1. The van der Waals surface area contributed by atoms with Crippen LogP contribution in [0, 0.1) is 24.7 Å². The van der Waals surface area contributed by atoms with Crippen molar-refractivity contribution in [3.05, 3.63) is 29.3 Å². The van der Waals surface area contributed by atoms with Crippen molar-refractivity contribution >= 4 is 5.69 Å². The minimum Gasteiger partial charge on any atom is -0.398 e. The van der Waals surface area contributed by atoms with Gasteiger partial charge in [0.25, 0.3) is 0 Å². The van der Waals surface area contributed by atoms with Gasteiger partial charge in [0.2, 0.25) is 0 Å². The van der Waals surface area contributed by atoms with E-state index in [1.54, 1.807) is 0 Å². The molecule has 2 rings (SSSR count). The summed E-state index contributed by atoms with van der Waals surface area (Å²) < 4.78 is 0. The summed E-state index contributed by atoms with van der Waals surface area (Å²) >= 11 is 0. The lowest BCUT2D eigenvalue weighted by molar-refractivity contribution is 1.18. The molecule has 0 heterocycles. The third-order valence-electron chi connectivity index (χ3n) is 2.28. The maximum Gasteiger partial charge on any atom is 0.0356 e. The molecule has 1 heteroatoms. The number of hydrogen-bond acceptors (Lipinski definition) is 1. The standard InChI is InChI=1S/C12H13N/c1-9-2-3-11(8-12(9)13)7-6-10-4-5-10/h2-3,8,10H,4-5,13H2,1H3. The molecule has 1 nitrogen and oxygen atoms in total. The van der Waals surface area contributed by atoms with Crippen molar-refractivity contribution in [2.75, 3.05) is 5.73 Å². The van der Waals surface area contributed by atoms with Gasteiger partial charge in [-0.05, 0) is 37.5 Å². The Labute approximate surface area is 79.0 Å². The van der Waals surface area contributed by atoms with Gasteiger partial charge in [-0.3, -0.25) is 0 Å². The van der Waals surface area contributed by atoms with Gasteiger partial charge in [-0.2, -0.15) is 0 Å². The lowest BCUT2D eigenvalue weighted by atomic mass is 10.1. The molecular weight excluding hydrogens is 158 g/mol. The molecule has 0 aromatic heterocycles. The second kappa shape index (κ2) is 3.14. The van der Waals surface area contributed by atoms with Crippen LogP contribution in [-0.4, -0.2) is 0 Å². The summed E-state index contributed by atoms with van der Waals surface area (Å²) in [5, 5.41) is 0. The SMILES string of the molecule is Cc1ccc(C#CC2CC2)cc1N. The maximum atomic E-state index is 5.77. The molecule has 0 bridgehead atoms. The Balaban J connectivity index is 2.22. The number of benzene rings is 1. The van der Waals surface area contributed by atoms with Crippen LogP contribution in [0.3, 0.4) is 0 Å². The third-order valence-corrected chi connectivity index (χ3v) is 2.28. The Morgan fingerprint density at radius 1 is 1.38 bits per heavy atom. The first-order valence-electron chi connectivity index (χ1n) is 4.63. The number of aryl methyl sites for hydroxylation is 1. The summed E-state index contributed by atoms with van der Waals surface area (Å²) in [6.45, 7) is 2.01. The fourth-order valence-electron chi connectivity index (χ4n) is 1.13. The monoisotopic (exact) mass is 171 g/mol. The second-order valence-corrected chi connectivity index (χ2v) is 3.61. The van der Waals surface area contributed by atoms with Crippen LogP contribution in [0.2, 0.25) is 0 Å². The lowest BCUT2D eigenvalue weighted by Crippen LogP contribution is -1.89. The molecule has 2 N–H and O–H groups in total. The number of nitrogens with two attached hydrogens (primary N) is 1. The molecule has 1 fully saturated rings. The molecule has 13 heavy (non-hydrogen) atoms. The zero-order chi connectivity index (χ0) is 9.26. The van der Waals surface area contributed by atoms with E-state index >= 15 is 0 Å². The second-order valence-electron chi connectivity index (χ2n) is 3.61. The average Bonchev–Trinajstić information content (AvgIpc) is 2.91. The quantitative estimate of drug-likeness (QED) is 0.470. The Hall–Kier alpha value is -1.42. The van der Waals surface area contributed by atoms with Crippen LogP contribution in [0.4, 0.5) is 5.69 Å². The summed E-state index contributed by atoms with van der Waals surface area (Å²) in [7, 11) is 0. The van der Waals surface area contributed by atoms with E-state index in [-0.39, 0.29) is 0 Å². The molecular formula is C12H13N. The summed E-state index contributed by atoms with van der Waals surface area (Å²) in [5.41, 5.74) is 8.77. The normalized spacial score (nSPS) is 14.8. The molecule has 0 amide bonds. The molecule has 0 radical (unpaired) electrons. The van der Waals surface area contributed by atoms with Crippen LogP contribution in [0.5, 0.6) is 0 Å². The van der Waals surface area contributed by atoms with Crippen LogP contribution in [0.1, 0.15) is 24.0 Å². The number of hydrogen-bond donors (Lipinski definition) is 1. The molecule has 0 atom stereocenters. The van der Waals surface area contributed by atoms with Crippen molar-refractivity contribution < 1.29 is 0 Å². The van der Waals surface area contributed by atoms with E-state index < -0.39 is 0 Å². The highest BCUT2D eigenvalue weighted by atomic mass is 14.5. The van der Waals surface area contributed by atoms with E-state index in [9.17, 15) is 0 Å². The van der Waals surface area contributed by atoms with E-state index in [1.807, 2.05) is 25.1 Å². The van der Waals surface area contributed by atoms with Crippen LogP contribution >= 0.6 is 0 Å². The highest BCUT2D eigenvalue weighted by Crippen LogP contribution is 2.27. The van der Waals surface area contributed by atoms with Gasteiger partial charge in [0, 0.05) is 17.2 Å². The first-order valence-corrected chi connectivity index (χ1v) is 4.63. The molecule has 1 aliphatic carbocycles. The molecule has 66 valence electrons. The fraction of sp³-hybridized carbons (Fsp3) is 0.333. The molecule has 1 aromatic carbocycles. The maximum absolute atomic E-state index is 5.77. The van der Waals surface area contributed by atoms with Crippen LogP contribution < -0.4 is 5.73 Å². The summed E-state index contributed by atoms with van der Waals surface area (Å²) in [6, 6.07) is 6.00. The van der Waals surface area contributed by atoms with Crippen LogP contribution in [-0.2, 0) is 0 Å². The van der Waals surface area contributed by atoms with Crippen molar-refractivity contribution in [2.45, 2.75) is 19.8 Å². The highest BCUT2D eigenvalue weighted by Gasteiger charge is 2.17. The van der Waals surface area contributed by atoms with Crippen LogP contribution in [0.15, 0.2) is 18.2 Å². The van der Waals surface area contributed by atoms with Gasteiger partial charge in [0.1, 0.15) is 0 Å². The largest absolute Gasteiger partial charge is 0.398 e. The molecule has 1 aromatic rings. The Morgan fingerprint density at radius 2 is 2.15 bits per heavy atom. The predicted molar refractivity (Wildman–Crippen MR) is 55.2 cm³/mol. The van der Waals surface area contributed by atoms with Crippen LogP contribution in [0.25, 0.3) is 0 Å². The summed E-state index contributed by atoms with van der Waals surface area (Å²) in [6.07, 6.45) is 2.54. The van der Waals surface area contributed by atoms with E-state index in [0.717, 1.165) is 16.8 Å². The van der Waals surface area contributed by atoms with Gasteiger partial charge >= 0.3 is 0 Å². The van der Waals surface area contributed by atoms with E-state index in [1.165, 1.54) is 12.8 Å². The van der Waals surface area contributed by atoms with Crippen molar-refractivity contribution in [3.63, 3.8) is 0 Å². The van der Waals surface area contributed by atoms with E-state index in [4.69, 9.17) is 5.73 Å². The van der Waals surface area contributed by atoms with Gasteiger partial charge in [-0.25, -0.2) is 0 Å². The predicted octanol–water partition coefficient (Wildman–Crippen LogP) is 2.34. The van der Waals surface area contributed by atoms with Crippen molar-refractivity contribution in [1.82, 2.24) is 0 Å². The Morgan fingerprint density at radius 3 is 2.77 bits per heavy atom.